The van der Waals surface area contributed by atoms with Crippen molar-refractivity contribution >= 4 is 11.3 Å². The second-order valence-electron chi connectivity index (χ2n) is 8.36. The molecule has 1 aromatic carbocycles. The minimum Gasteiger partial charge on any atom is -0.497 e. The number of aliphatic hydroxyl groups is 1. The molecule has 3 heterocycles. The maximum absolute atomic E-state index is 11.2. The fraction of sp³-hybridized carbons (Fsp3) is 0.591. The monoisotopic (exact) mass is 416 g/mol. The lowest BCUT2D eigenvalue weighted by Crippen LogP contribution is -2.44. The van der Waals surface area contributed by atoms with Gasteiger partial charge in [-0.05, 0) is 37.6 Å². The van der Waals surface area contributed by atoms with E-state index in [-0.39, 0.29) is 0 Å². The Hall–Kier alpha value is -1.51. The van der Waals surface area contributed by atoms with Crippen molar-refractivity contribution < 1.29 is 9.84 Å². The highest BCUT2D eigenvalue weighted by atomic mass is 32.1. The summed E-state index contributed by atoms with van der Waals surface area (Å²) in [6, 6.07) is 8.25. The van der Waals surface area contributed by atoms with Crippen LogP contribution in [0.25, 0.3) is 0 Å². The molecule has 4 rings (SSSR count). The first kappa shape index (κ1) is 20.8. The van der Waals surface area contributed by atoms with Gasteiger partial charge in [0.25, 0.3) is 0 Å². The zero-order valence-electron chi connectivity index (χ0n) is 17.5. The van der Waals surface area contributed by atoms with Crippen molar-refractivity contribution in [3.8, 4) is 5.75 Å². The Morgan fingerprint density at radius 3 is 2.31 bits per heavy atom. The predicted octanol–water partition coefficient (Wildman–Crippen LogP) is 2.38. The summed E-state index contributed by atoms with van der Waals surface area (Å²) < 4.78 is 5.23. The molecule has 2 fully saturated rings. The molecule has 0 bridgehead atoms. The molecule has 2 aromatic rings. The number of thiazole rings is 1. The number of hydrogen-bond donors (Lipinski definition) is 1. The van der Waals surface area contributed by atoms with E-state index in [4.69, 9.17) is 9.72 Å². The molecule has 6 nitrogen and oxygen atoms in total. The molecule has 0 saturated carbocycles. The topological polar surface area (TPSA) is 52.1 Å². The average Bonchev–Trinajstić information content (AvgIpc) is 3.22. The van der Waals surface area contributed by atoms with Crippen molar-refractivity contribution in [2.45, 2.75) is 31.5 Å². The van der Waals surface area contributed by atoms with Gasteiger partial charge in [0.1, 0.15) is 16.4 Å². The minimum atomic E-state index is -0.784. The van der Waals surface area contributed by atoms with Gasteiger partial charge in [-0.2, -0.15) is 0 Å². The Morgan fingerprint density at radius 1 is 1.00 bits per heavy atom. The number of piperazine rings is 1. The Morgan fingerprint density at radius 2 is 1.66 bits per heavy atom. The molecule has 0 aliphatic carbocycles. The van der Waals surface area contributed by atoms with E-state index in [2.05, 4.69) is 39.3 Å². The van der Waals surface area contributed by atoms with E-state index in [0.717, 1.165) is 81.7 Å². The number of likely N-dealkylation sites (tertiary alicyclic amines) is 1. The summed E-state index contributed by atoms with van der Waals surface area (Å²) in [6.07, 6.45) is 1.47. The Labute approximate surface area is 177 Å². The highest BCUT2D eigenvalue weighted by Gasteiger charge is 2.36. The van der Waals surface area contributed by atoms with E-state index in [1.807, 2.05) is 12.1 Å². The minimum absolute atomic E-state index is 0.737. The van der Waals surface area contributed by atoms with Gasteiger partial charge in [-0.1, -0.05) is 12.1 Å². The summed E-state index contributed by atoms with van der Waals surface area (Å²) in [4.78, 5) is 12.1. The van der Waals surface area contributed by atoms with Crippen molar-refractivity contribution in [1.82, 2.24) is 19.7 Å². The van der Waals surface area contributed by atoms with Crippen LogP contribution < -0.4 is 4.74 Å². The van der Waals surface area contributed by atoms with Gasteiger partial charge in [0.05, 0.1) is 19.3 Å². The van der Waals surface area contributed by atoms with E-state index in [9.17, 15) is 5.11 Å². The van der Waals surface area contributed by atoms with E-state index in [1.54, 1.807) is 18.4 Å². The van der Waals surface area contributed by atoms with Crippen LogP contribution in [0.2, 0.25) is 0 Å². The van der Waals surface area contributed by atoms with Gasteiger partial charge in [0, 0.05) is 51.2 Å². The van der Waals surface area contributed by atoms with E-state index >= 15 is 0 Å². The molecule has 0 spiro atoms. The van der Waals surface area contributed by atoms with Crippen molar-refractivity contribution in [2.24, 2.45) is 0 Å². The molecular formula is C22H32N4O2S. The summed E-state index contributed by atoms with van der Waals surface area (Å²) in [7, 11) is 3.87. The standard InChI is InChI=1S/C22H32N4O2S/c1-24-11-13-26(14-12-24)16-21-23-20(17-29-21)22(27)7-9-25(10-8-22)15-18-3-5-19(28-2)6-4-18/h3-6,17,27H,7-16H2,1-2H3. The molecule has 2 saturated heterocycles. The number of piperidine rings is 1. The van der Waals surface area contributed by atoms with Crippen LogP contribution in [-0.2, 0) is 18.7 Å². The van der Waals surface area contributed by atoms with Crippen molar-refractivity contribution in [1.29, 1.82) is 0 Å². The maximum atomic E-state index is 11.2. The number of nitrogens with zero attached hydrogens (tertiary/aromatic N) is 4. The van der Waals surface area contributed by atoms with Gasteiger partial charge in [0.2, 0.25) is 0 Å². The fourth-order valence-corrected chi connectivity index (χ4v) is 5.05. The normalized spacial score (nSPS) is 21.3. The first-order chi connectivity index (χ1) is 14.0. The van der Waals surface area contributed by atoms with Gasteiger partial charge in [-0.15, -0.1) is 11.3 Å². The number of methoxy groups -OCH3 is 1. The highest BCUT2D eigenvalue weighted by molar-refractivity contribution is 7.09. The Balaban J connectivity index is 1.30. The molecule has 2 aliphatic rings. The first-order valence-electron chi connectivity index (χ1n) is 10.5. The van der Waals surface area contributed by atoms with Crippen LogP contribution in [0.4, 0.5) is 0 Å². The van der Waals surface area contributed by atoms with Crippen LogP contribution in [-0.4, -0.2) is 78.2 Å². The highest BCUT2D eigenvalue weighted by Crippen LogP contribution is 2.34. The van der Waals surface area contributed by atoms with Crippen LogP contribution in [0, 0.1) is 0 Å². The second kappa shape index (κ2) is 9.10. The van der Waals surface area contributed by atoms with E-state index in [1.165, 1.54) is 5.56 Å². The zero-order chi connectivity index (χ0) is 20.3. The largest absolute Gasteiger partial charge is 0.497 e. The third-order valence-electron chi connectivity index (χ3n) is 6.23. The summed E-state index contributed by atoms with van der Waals surface area (Å²) in [6.45, 7) is 8.00. The molecule has 158 valence electrons. The van der Waals surface area contributed by atoms with Gasteiger partial charge >= 0.3 is 0 Å². The lowest BCUT2D eigenvalue weighted by atomic mass is 9.88. The number of likely N-dealkylation sites (N-methyl/N-ethyl adjacent to an activating group) is 1. The lowest BCUT2D eigenvalue weighted by Gasteiger charge is -2.37. The average molecular weight is 417 g/mol. The lowest BCUT2D eigenvalue weighted by molar-refractivity contribution is -0.0308. The maximum Gasteiger partial charge on any atom is 0.118 e. The van der Waals surface area contributed by atoms with E-state index in [0.29, 0.717) is 0 Å². The Kier molecular flexibility index (Phi) is 6.51. The molecule has 1 N–H and O–H groups in total. The SMILES string of the molecule is COc1ccc(CN2CCC(O)(c3csc(CN4CCN(C)CC4)n3)CC2)cc1. The molecule has 0 radical (unpaired) electrons. The van der Waals surface area contributed by atoms with Gasteiger partial charge < -0.3 is 14.7 Å². The van der Waals surface area contributed by atoms with Crippen molar-refractivity contribution in [3.63, 3.8) is 0 Å². The third-order valence-corrected chi connectivity index (χ3v) is 7.07. The van der Waals surface area contributed by atoms with Gasteiger partial charge in [-0.3, -0.25) is 9.80 Å². The molecule has 0 amide bonds. The molecular weight excluding hydrogens is 384 g/mol. The smallest absolute Gasteiger partial charge is 0.118 e. The van der Waals surface area contributed by atoms with Crippen LogP contribution in [0.1, 0.15) is 29.1 Å². The summed E-state index contributed by atoms with van der Waals surface area (Å²) in [5.41, 5.74) is 1.36. The fourth-order valence-electron chi connectivity index (χ4n) is 4.12. The number of benzene rings is 1. The summed E-state index contributed by atoms with van der Waals surface area (Å²) in [5, 5.41) is 14.4. The predicted molar refractivity (Wildman–Crippen MR) is 116 cm³/mol. The third kappa shape index (κ3) is 5.16. The number of aromatic nitrogens is 1. The van der Waals surface area contributed by atoms with Crippen LogP contribution in [0.5, 0.6) is 5.75 Å². The van der Waals surface area contributed by atoms with Crippen molar-refractivity contribution in [3.05, 3.63) is 45.9 Å². The molecule has 2 aliphatic heterocycles. The molecule has 7 heteroatoms. The number of ether oxygens (including phenoxy) is 1. The van der Waals surface area contributed by atoms with Crippen LogP contribution in [0.15, 0.2) is 29.6 Å². The van der Waals surface area contributed by atoms with Crippen LogP contribution >= 0.6 is 11.3 Å². The van der Waals surface area contributed by atoms with Crippen molar-refractivity contribution in [2.75, 3.05) is 53.4 Å². The molecule has 1 aromatic heterocycles. The van der Waals surface area contributed by atoms with E-state index < -0.39 is 5.60 Å². The number of rotatable bonds is 6. The van der Waals surface area contributed by atoms with Gasteiger partial charge in [0.15, 0.2) is 0 Å². The molecule has 29 heavy (non-hydrogen) atoms. The number of hydrogen-bond acceptors (Lipinski definition) is 7. The second-order valence-corrected chi connectivity index (χ2v) is 9.30. The summed E-state index contributed by atoms with van der Waals surface area (Å²) in [5.74, 6) is 0.887. The summed E-state index contributed by atoms with van der Waals surface area (Å²) >= 11 is 1.69. The zero-order valence-corrected chi connectivity index (χ0v) is 18.3. The van der Waals surface area contributed by atoms with Crippen LogP contribution in [0.3, 0.4) is 0 Å². The van der Waals surface area contributed by atoms with Gasteiger partial charge in [-0.25, -0.2) is 4.98 Å². The first-order valence-corrected chi connectivity index (χ1v) is 11.4. The quantitative estimate of drug-likeness (QED) is 0.780. The molecule has 0 unspecified atom stereocenters. The Bertz CT molecular complexity index is 778. The molecule has 0 atom stereocenters.